The van der Waals surface area contributed by atoms with Crippen LogP contribution in [0.1, 0.15) is 48.4 Å². The van der Waals surface area contributed by atoms with E-state index in [1.54, 1.807) is 23.1 Å². The zero-order valence-electron chi connectivity index (χ0n) is 17.5. The number of amides is 1. The highest BCUT2D eigenvalue weighted by Gasteiger charge is 2.49. The molecule has 1 unspecified atom stereocenters. The van der Waals surface area contributed by atoms with Gasteiger partial charge < -0.3 is 19.5 Å². The van der Waals surface area contributed by atoms with E-state index in [1.165, 1.54) is 0 Å². The summed E-state index contributed by atoms with van der Waals surface area (Å²) in [5.41, 5.74) is 2.45. The first-order valence-electron chi connectivity index (χ1n) is 10.8. The van der Waals surface area contributed by atoms with E-state index >= 15 is 0 Å². The normalized spacial score (nSPS) is 22.9. The Labute approximate surface area is 181 Å². The quantitative estimate of drug-likeness (QED) is 0.460. The predicted octanol–water partition coefficient (Wildman–Crippen LogP) is 4.13. The summed E-state index contributed by atoms with van der Waals surface area (Å²) in [7, 11) is 0. The number of carbonyl (C=O) groups is 2. The lowest BCUT2D eigenvalue weighted by Crippen LogP contribution is -2.37. The standard InChI is InChI=1S/C25H25NO5/c1-15-5-4-6-16(13-15)22-21(24(28)25(29)26(22)18-7-2-3-8-18)23(27)17-9-10-19-20(14-17)31-12-11-30-19/h4-6,9-10,13-14,18,22,27H,2-3,7-8,11-12H2,1H3/b23-21-. The molecule has 2 aliphatic heterocycles. The van der Waals surface area contributed by atoms with Crippen molar-refractivity contribution < 1.29 is 24.2 Å². The molecule has 0 aromatic heterocycles. The van der Waals surface area contributed by atoms with Gasteiger partial charge >= 0.3 is 0 Å². The average molecular weight is 419 g/mol. The Hall–Kier alpha value is -3.28. The van der Waals surface area contributed by atoms with Crippen LogP contribution >= 0.6 is 0 Å². The van der Waals surface area contributed by atoms with Crippen LogP contribution in [-0.4, -0.2) is 41.0 Å². The highest BCUT2D eigenvalue weighted by molar-refractivity contribution is 6.46. The molecule has 1 N–H and O–H groups in total. The van der Waals surface area contributed by atoms with Crippen molar-refractivity contribution in [1.29, 1.82) is 0 Å². The van der Waals surface area contributed by atoms with Gasteiger partial charge in [-0.1, -0.05) is 42.7 Å². The fourth-order valence-corrected chi connectivity index (χ4v) is 4.92. The molecular formula is C25H25NO5. The van der Waals surface area contributed by atoms with Gasteiger partial charge in [-0.3, -0.25) is 9.59 Å². The van der Waals surface area contributed by atoms with E-state index < -0.39 is 17.7 Å². The minimum Gasteiger partial charge on any atom is -0.507 e. The first-order valence-corrected chi connectivity index (χ1v) is 10.8. The molecule has 6 heteroatoms. The number of fused-ring (bicyclic) bond motifs is 1. The van der Waals surface area contributed by atoms with E-state index in [0.29, 0.717) is 30.3 Å². The maximum Gasteiger partial charge on any atom is 0.295 e. The van der Waals surface area contributed by atoms with E-state index in [4.69, 9.17) is 9.47 Å². The monoisotopic (exact) mass is 419 g/mol. The molecule has 0 spiro atoms. The molecule has 2 fully saturated rings. The van der Waals surface area contributed by atoms with Crippen molar-refractivity contribution in [3.8, 4) is 11.5 Å². The van der Waals surface area contributed by atoms with Gasteiger partial charge in [0.2, 0.25) is 0 Å². The van der Waals surface area contributed by atoms with Gasteiger partial charge in [0.25, 0.3) is 11.7 Å². The molecule has 31 heavy (non-hydrogen) atoms. The molecule has 1 aliphatic carbocycles. The smallest absolute Gasteiger partial charge is 0.295 e. The van der Waals surface area contributed by atoms with Gasteiger partial charge in [0, 0.05) is 11.6 Å². The Morgan fingerprint density at radius 3 is 2.48 bits per heavy atom. The number of benzene rings is 2. The van der Waals surface area contributed by atoms with Crippen LogP contribution < -0.4 is 9.47 Å². The summed E-state index contributed by atoms with van der Waals surface area (Å²) in [5.74, 6) is -0.220. The minimum atomic E-state index is -0.634. The lowest BCUT2D eigenvalue weighted by atomic mass is 9.93. The summed E-state index contributed by atoms with van der Waals surface area (Å²) >= 11 is 0. The Kier molecular flexibility index (Phi) is 4.93. The molecule has 1 saturated heterocycles. The van der Waals surface area contributed by atoms with Gasteiger partial charge in [0.05, 0.1) is 11.6 Å². The SMILES string of the molecule is Cc1cccc(C2/C(=C(/O)c3ccc4c(c3)OCCO4)C(=O)C(=O)N2C2CCCC2)c1. The van der Waals surface area contributed by atoms with Crippen molar-refractivity contribution in [2.75, 3.05) is 13.2 Å². The van der Waals surface area contributed by atoms with Crippen LogP contribution in [0.25, 0.3) is 5.76 Å². The summed E-state index contributed by atoms with van der Waals surface area (Å²) in [5, 5.41) is 11.3. The van der Waals surface area contributed by atoms with Crippen molar-refractivity contribution in [2.45, 2.75) is 44.7 Å². The first kappa shape index (κ1) is 19.7. The molecule has 2 heterocycles. The van der Waals surface area contributed by atoms with Gasteiger partial charge in [-0.05, 0) is 43.5 Å². The summed E-state index contributed by atoms with van der Waals surface area (Å²) in [6.45, 7) is 2.87. The maximum atomic E-state index is 13.2. The number of likely N-dealkylation sites (tertiary alicyclic amines) is 1. The Balaban J connectivity index is 1.65. The van der Waals surface area contributed by atoms with Crippen molar-refractivity contribution in [1.82, 2.24) is 4.90 Å². The summed E-state index contributed by atoms with van der Waals surface area (Å²) < 4.78 is 11.2. The second-order valence-electron chi connectivity index (χ2n) is 8.42. The van der Waals surface area contributed by atoms with Gasteiger partial charge in [-0.15, -0.1) is 0 Å². The second kappa shape index (κ2) is 7.76. The number of aryl methyl sites for hydroxylation is 1. The molecule has 6 nitrogen and oxygen atoms in total. The highest BCUT2D eigenvalue weighted by Crippen LogP contribution is 2.44. The van der Waals surface area contributed by atoms with E-state index in [-0.39, 0.29) is 17.4 Å². The number of ketones is 1. The molecule has 160 valence electrons. The van der Waals surface area contributed by atoms with Crippen molar-refractivity contribution >= 4 is 17.4 Å². The predicted molar refractivity (Wildman–Crippen MR) is 115 cm³/mol. The van der Waals surface area contributed by atoms with E-state index in [1.807, 2.05) is 31.2 Å². The van der Waals surface area contributed by atoms with Crippen LogP contribution in [0.3, 0.4) is 0 Å². The number of Topliss-reactive ketones (excluding diaryl/α,β-unsaturated/α-hetero) is 1. The fourth-order valence-electron chi connectivity index (χ4n) is 4.92. The topological polar surface area (TPSA) is 76.1 Å². The molecule has 1 saturated carbocycles. The van der Waals surface area contributed by atoms with Gasteiger partial charge in [-0.25, -0.2) is 0 Å². The second-order valence-corrected chi connectivity index (χ2v) is 8.42. The van der Waals surface area contributed by atoms with E-state index in [2.05, 4.69) is 0 Å². The Morgan fingerprint density at radius 2 is 1.74 bits per heavy atom. The number of ether oxygens (including phenoxy) is 2. The zero-order chi connectivity index (χ0) is 21.5. The van der Waals surface area contributed by atoms with Crippen LogP contribution in [0, 0.1) is 6.92 Å². The van der Waals surface area contributed by atoms with Crippen LogP contribution in [0.4, 0.5) is 0 Å². The fraction of sp³-hybridized carbons (Fsp3) is 0.360. The summed E-state index contributed by atoms with van der Waals surface area (Å²) in [6, 6.07) is 12.3. The number of hydrogen-bond donors (Lipinski definition) is 1. The molecule has 0 bridgehead atoms. The number of nitrogens with zero attached hydrogens (tertiary/aromatic N) is 1. The third kappa shape index (κ3) is 3.36. The summed E-state index contributed by atoms with van der Waals surface area (Å²) in [4.78, 5) is 28.0. The van der Waals surface area contributed by atoms with Crippen molar-refractivity contribution in [2.24, 2.45) is 0 Å². The van der Waals surface area contributed by atoms with Gasteiger partial charge in [-0.2, -0.15) is 0 Å². The lowest BCUT2D eigenvalue weighted by Gasteiger charge is -2.31. The van der Waals surface area contributed by atoms with Crippen LogP contribution in [-0.2, 0) is 9.59 Å². The molecule has 1 atom stereocenters. The number of carbonyl (C=O) groups excluding carboxylic acids is 2. The van der Waals surface area contributed by atoms with Crippen LogP contribution in [0.15, 0.2) is 48.0 Å². The van der Waals surface area contributed by atoms with E-state index in [9.17, 15) is 14.7 Å². The molecular weight excluding hydrogens is 394 g/mol. The Bertz CT molecular complexity index is 1080. The third-order valence-electron chi connectivity index (χ3n) is 6.37. The molecule has 1 amide bonds. The third-order valence-corrected chi connectivity index (χ3v) is 6.37. The summed E-state index contributed by atoms with van der Waals surface area (Å²) in [6.07, 6.45) is 3.82. The van der Waals surface area contributed by atoms with Gasteiger partial charge in [0.15, 0.2) is 11.5 Å². The number of aliphatic hydroxyl groups excluding tert-OH is 1. The molecule has 3 aliphatic rings. The maximum absolute atomic E-state index is 13.2. The minimum absolute atomic E-state index is 0.00697. The highest BCUT2D eigenvalue weighted by atomic mass is 16.6. The van der Waals surface area contributed by atoms with Gasteiger partial charge in [0.1, 0.15) is 19.0 Å². The van der Waals surface area contributed by atoms with Crippen LogP contribution in [0.2, 0.25) is 0 Å². The lowest BCUT2D eigenvalue weighted by molar-refractivity contribution is -0.141. The average Bonchev–Trinajstić information content (AvgIpc) is 3.40. The molecule has 0 radical (unpaired) electrons. The number of rotatable bonds is 3. The molecule has 2 aromatic carbocycles. The van der Waals surface area contributed by atoms with E-state index in [0.717, 1.165) is 36.8 Å². The number of aliphatic hydroxyl groups is 1. The first-order chi connectivity index (χ1) is 15.0. The Morgan fingerprint density at radius 1 is 1.00 bits per heavy atom. The van der Waals surface area contributed by atoms with Crippen molar-refractivity contribution in [3.63, 3.8) is 0 Å². The van der Waals surface area contributed by atoms with Crippen molar-refractivity contribution in [3.05, 3.63) is 64.7 Å². The number of hydrogen-bond acceptors (Lipinski definition) is 5. The molecule has 2 aromatic rings. The largest absolute Gasteiger partial charge is 0.507 e. The van der Waals surface area contributed by atoms with Crippen LogP contribution in [0.5, 0.6) is 11.5 Å². The zero-order valence-corrected chi connectivity index (χ0v) is 17.5. The molecule has 5 rings (SSSR count).